The Bertz CT molecular complexity index is 1220. The second-order valence-electron chi connectivity index (χ2n) is 8.14. The highest BCUT2D eigenvalue weighted by Gasteiger charge is 2.23. The van der Waals surface area contributed by atoms with Gasteiger partial charge < -0.3 is 14.2 Å². The van der Waals surface area contributed by atoms with Crippen LogP contribution < -0.4 is 10.5 Å². The molecule has 0 radical (unpaired) electrons. The zero-order chi connectivity index (χ0) is 21.4. The second-order valence-corrected chi connectivity index (χ2v) is 8.57. The lowest BCUT2D eigenvalue weighted by Gasteiger charge is -2.35. The maximum Gasteiger partial charge on any atom is 0.251 e. The van der Waals surface area contributed by atoms with Crippen LogP contribution in [0.2, 0.25) is 5.02 Å². The van der Waals surface area contributed by atoms with Gasteiger partial charge >= 0.3 is 0 Å². The topological polar surface area (TPSA) is 47.4 Å². The van der Waals surface area contributed by atoms with E-state index in [0.29, 0.717) is 17.6 Å². The Balaban J connectivity index is 1.43. The molecule has 31 heavy (non-hydrogen) atoms. The first-order valence-electron chi connectivity index (χ1n) is 10.6. The lowest BCUT2D eigenvalue weighted by Crippen LogP contribution is -2.43. The normalized spacial score (nSPS) is 18.1. The molecule has 1 aliphatic heterocycles. The van der Waals surface area contributed by atoms with Gasteiger partial charge in [0.05, 0.1) is 37.3 Å². The highest BCUT2D eigenvalue weighted by molar-refractivity contribution is 6.30. The van der Waals surface area contributed by atoms with Crippen LogP contribution in [0.4, 0.5) is 5.69 Å². The van der Waals surface area contributed by atoms with Crippen molar-refractivity contribution < 1.29 is 4.74 Å². The van der Waals surface area contributed by atoms with Gasteiger partial charge in [-0.2, -0.15) is 0 Å². The quantitative estimate of drug-likeness (QED) is 0.620. The fraction of sp³-hybridized carbons (Fsp3) is 0.280. The molecule has 3 heterocycles. The SMILES string of the molecule is CC1COCCN1c1cnc2c(c1)C(c1ccn(Cc3cccc(Cl)c3)c(=O)c1)=CC2. The van der Waals surface area contributed by atoms with Crippen LogP contribution in [0, 0.1) is 0 Å². The van der Waals surface area contributed by atoms with Gasteiger partial charge in [0, 0.05) is 41.9 Å². The van der Waals surface area contributed by atoms with Crippen LogP contribution in [0.25, 0.3) is 5.57 Å². The molecule has 1 unspecified atom stereocenters. The van der Waals surface area contributed by atoms with Crippen LogP contribution in [0.1, 0.15) is 29.3 Å². The minimum Gasteiger partial charge on any atom is -0.377 e. The van der Waals surface area contributed by atoms with E-state index in [-0.39, 0.29) is 5.56 Å². The average molecular weight is 434 g/mol. The number of nitrogens with zero attached hydrogens (tertiary/aromatic N) is 3. The van der Waals surface area contributed by atoms with E-state index in [1.54, 1.807) is 10.6 Å². The van der Waals surface area contributed by atoms with Gasteiger partial charge in [-0.25, -0.2) is 0 Å². The number of pyridine rings is 2. The molecule has 1 saturated heterocycles. The summed E-state index contributed by atoms with van der Waals surface area (Å²) in [5.74, 6) is 0. The van der Waals surface area contributed by atoms with Gasteiger partial charge in [-0.15, -0.1) is 0 Å². The Morgan fingerprint density at radius 3 is 2.94 bits per heavy atom. The van der Waals surface area contributed by atoms with Crippen LogP contribution in [0.3, 0.4) is 0 Å². The molecule has 2 aliphatic rings. The van der Waals surface area contributed by atoms with Gasteiger partial charge in [-0.1, -0.05) is 29.8 Å². The van der Waals surface area contributed by atoms with Crippen molar-refractivity contribution in [3.8, 4) is 0 Å². The third-order valence-corrected chi connectivity index (χ3v) is 6.23. The number of benzene rings is 1. The number of hydrogen-bond donors (Lipinski definition) is 0. The highest BCUT2D eigenvalue weighted by atomic mass is 35.5. The Hall–Kier alpha value is -2.89. The molecule has 1 atom stereocenters. The number of anilines is 1. The zero-order valence-corrected chi connectivity index (χ0v) is 18.2. The summed E-state index contributed by atoms with van der Waals surface area (Å²) in [5, 5.41) is 0.674. The number of rotatable bonds is 4. The van der Waals surface area contributed by atoms with Gasteiger partial charge in [-0.05, 0) is 47.9 Å². The summed E-state index contributed by atoms with van der Waals surface area (Å²) in [4.78, 5) is 19.9. The number of halogens is 1. The minimum absolute atomic E-state index is 0.0299. The molecule has 1 fully saturated rings. The summed E-state index contributed by atoms with van der Waals surface area (Å²) >= 11 is 6.08. The number of allylic oxidation sites excluding steroid dienone is 1. The van der Waals surface area contributed by atoms with Crippen LogP contribution in [-0.2, 0) is 17.7 Å². The average Bonchev–Trinajstić information content (AvgIpc) is 3.19. The van der Waals surface area contributed by atoms with E-state index in [4.69, 9.17) is 21.3 Å². The molecule has 5 rings (SSSR count). The van der Waals surface area contributed by atoms with Crippen molar-refractivity contribution in [1.82, 2.24) is 9.55 Å². The van der Waals surface area contributed by atoms with E-state index in [9.17, 15) is 4.79 Å². The maximum atomic E-state index is 12.8. The molecule has 6 heteroatoms. The summed E-state index contributed by atoms with van der Waals surface area (Å²) in [7, 11) is 0. The molecular weight excluding hydrogens is 410 g/mol. The predicted octanol–water partition coefficient (Wildman–Crippen LogP) is 4.16. The highest BCUT2D eigenvalue weighted by Crippen LogP contribution is 2.34. The number of ether oxygens (including phenoxy) is 1. The summed E-state index contributed by atoms with van der Waals surface area (Å²) in [5.41, 5.74) is 6.26. The molecule has 0 bridgehead atoms. The van der Waals surface area contributed by atoms with Gasteiger partial charge in [0.1, 0.15) is 0 Å². The van der Waals surface area contributed by atoms with Gasteiger partial charge in [0.2, 0.25) is 0 Å². The van der Waals surface area contributed by atoms with Gasteiger partial charge in [-0.3, -0.25) is 9.78 Å². The van der Waals surface area contributed by atoms with Crippen molar-refractivity contribution in [3.05, 3.63) is 98.7 Å². The summed E-state index contributed by atoms with van der Waals surface area (Å²) < 4.78 is 7.28. The third kappa shape index (κ3) is 4.03. The Labute approximate surface area is 186 Å². The molecule has 0 amide bonds. The van der Waals surface area contributed by atoms with E-state index >= 15 is 0 Å². The number of fused-ring (bicyclic) bond motifs is 1. The fourth-order valence-corrected chi connectivity index (χ4v) is 4.58. The molecule has 1 aromatic carbocycles. The first kappa shape index (κ1) is 20.0. The summed E-state index contributed by atoms with van der Waals surface area (Å²) in [6, 6.07) is 13.8. The van der Waals surface area contributed by atoms with E-state index in [1.165, 1.54) is 0 Å². The van der Waals surface area contributed by atoms with E-state index in [2.05, 4.69) is 24.0 Å². The van der Waals surface area contributed by atoms with Crippen molar-refractivity contribution >= 4 is 22.9 Å². The maximum absolute atomic E-state index is 12.8. The Morgan fingerprint density at radius 2 is 2.13 bits per heavy atom. The molecule has 3 aromatic rings. The van der Waals surface area contributed by atoms with Crippen molar-refractivity contribution in [2.24, 2.45) is 0 Å². The first-order valence-corrected chi connectivity index (χ1v) is 11.0. The monoisotopic (exact) mass is 433 g/mol. The lowest BCUT2D eigenvalue weighted by atomic mass is 10.0. The van der Waals surface area contributed by atoms with Gasteiger partial charge in [0.25, 0.3) is 5.56 Å². The largest absolute Gasteiger partial charge is 0.377 e. The number of aromatic nitrogens is 2. The van der Waals surface area contributed by atoms with Crippen LogP contribution in [0.5, 0.6) is 0 Å². The molecule has 5 nitrogen and oxygen atoms in total. The summed E-state index contributed by atoms with van der Waals surface area (Å²) in [6.45, 7) is 4.98. The number of morpholine rings is 1. The second kappa shape index (κ2) is 8.33. The predicted molar refractivity (Wildman–Crippen MR) is 124 cm³/mol. The molecule has 0 saturated carbocycles. The Kier molecular flexibility index (Phi) is 5.38. The van der Waals surface area contributed by atoms with Crippen molar-refractivity contribution in [1.29, 1.82) is 0 Å². The molecular formula is C25H24ClN3O2. The number of hydrogen-bond acceptors (Lipinski definition) is 4. The molecule has 1 aliphatic carbocycles. The smallest absolute Gasteiger partial charge is 0.251 e. The van der Waals surface area contributed by atoms with E-state index < -0.39 is 0 Å². The summed E-state index contributed by atoms with van der Waals surface area (Å²) in [6.07, 6.45) is 6.77. The molecule has 2 aromatic heterocycles. The Morgan fingerprint density at radius 1 is 1.23 bits per heavy atom. The molecule has 0 N–H and O–H groups in total. The first-order chi connectivity index (χ1) is 15.1. The molecule has 0 spiro atoms. The van der Waals surface area contributed by atoms with E-state index in [1.807, 2.05) is 42.7 Å². The van der Waals surface area contributed by atoms with Crippen LogP contribution >= 0.6 is 11.6 Å². The standard InChI is InChI=1S/C25H24ClN3O2/c1-17-16-31-10-9-29(17)21-13-23-22(5-6-24(23)27-14-21)19-7-8-28(25(30)12-19)15-18-3-2-4-20(26)11-18/h2-5,7-8,11-14,17H,6,9-10,15-16H2,1H3. The van der Waals surface area contributed by atoms with Crippen LogP contribution in [0.15, 0.2) is 65.7 Å². The third-order valence-electron chi connectivity index (χ3n) is 5.99. The lowest BCUT2D eigenvalue weighted by molar-refractivity contribution is 0.0989. The fourth-order valence-electron chi connectivity index (χ4n) is 4.37. The van der Waals surface area contributed by atoms with Crippen LogP contribution in [-0.4, -0.2) is 35.4 Å². The van der Waals surface area contributed by atoms with Gasteiger partial charge in [0.15, 0.2) is 0 Å². The minimum atomic E-state index is -0.0299. The van der Waals surface area contributed by atoms with Crippen molar-refractivity contribution in [3.63, 3.8) is 0 Å². The van der Waals surface area contributed by atoms with Crippen molar-refractivity contribution in [2.45, 2.75) is 25.9 Å². The molecule has 158 valence electrons. The zero-order valence-electron chi connectivity index (χ0n) is 17.4. The van der Waals surface area contributed by atoms with Crippen molar-refractivity contribution in [2.75, 3.05) is 24.7 Å². The van der Waals surface area contributed by atoms with E-state index in [0.717, 1.165) is 59.8 Å².